The Kier molecular flexibility index (Phi) is 3.06. The largest absolute Gasteiger partial charge is 0.240 e. The molecular formula is C13H14N6. The fourth-order valence-corrected chi connectivity index (χ4v) is 1.81. The third-order valence-electron chi connectivity index (χ3n) is 2.74. The van der Waals surface area contributed by atoms with Gasteiger partial charge >= 0.3 is 0 Å². The maximum atomic E-state index is 4.32. The first-order chi connectivity index (χ1) is 9.36. The highest BCUT2D eigenvalue weighted by Gasteiger charge is 2.08. The van der Waals surface area contributed by atoms with Gasteiger partial charge in [-0.25, -0.2) is 4.68 Å². The predicted octanol–water partition coefficient (Wildman–Crippen LogP) is 1.94. The molecule has 0 fully saturated rings. The summed E-state index contributed by atoms with van der Waals surface area (Å²) in [6.07, 6.45) is 4.64. The molecule has 0 radical (unpaired) electrons. The summed E-state index contributed by atoms with van der Waals surface area (Å²) >= 11 is 0. The molecule has 0 aliphatic heterocycles. The molecule has 0 amide bonds. The standard InChI is InChI=1S/C13H14N6/c1-2-8-19-16-13(15-17-19)11-9-14-18(10-11)12-6-4-3-5-7-12/h3-7,9-10H,2,8H2,1H3. The van der Waals surface area contributed by atoms with Crippen LogP contribution in [-0.2, 0) is 6.54 Å². The number of rotatable bonds is 4. The molecule has 0 atom stereocenters. The van der Waals surface area contributed by atoms with Gasteiger partial charge in [0.25, 0.3) is 0 Å². The Balaban J connectivity index is 1.88. The minimum Gasteiger partial charge on any atom is -0.240 e. The van der Waals surface area contributed by atoms with E-state index in [-0.39, 0.29) is 0 Å². The van der Waals surface area contributed by atoms with Crippen molar-refractivity contribution in [2.24, 2.45) is 0 Å². The van der Waals surface area contributed by atoms with Crippen molar-refractivity contribution >= 4 is 0 Å². The van der Waals surface area contributed by atoms with Crippen LogP contribution in [0.1, 0.15) is 13.3 Å². The number of hydrogen-bond acceptors (Lipinski definition) is 4. The average molecular weight is 254 g/mol. The zero-order chi connectivity index (χ0) is 13.1. The molecule has 1 aromatic carbocycles. The molecule has 0 aliphatic carbocycles. The maximum Gasteiger partial charge on any atom is 0.208 e. The molecule has 2 heterocycles. The molecule has 0 saturated heterocycles. The van der Waals surface area contributed by atoms with Gasteiger partial charge in [0.2, 0.25) is 5.82 Å². The molecule has 2 aromatic heterocycles. The van der Waals surface area contributed by atoms with Crippen LogP contribution >= 0.6 is 0 Å². The van der Waals surface area contributed by atoms with Gasteiger partial charge in [-0.3, -0.25) is 0 Å². The zero-order valence-electron chi connectivity index (χ0n) is 10.6. The first-order valence-electron chi connectivity index (χ1n) is 6.25. The first-order valence-corrected chi connectivity index (χ1v) is 6.25. The van der Waals surface area contributed by atoms with Gasteiger partial charge in [-0.2, -0.15) is 9.90 Å². The molecule has 0 bridgehead atoms. The highest BCUT2D eigenvalue weighted by atomic mass is 15.6. The smallest absolute Gasteiger partial charge is 0.208 e. The van der Waals surface area contributed by atoms with Crippen molar-refractivity contribution in [1.29, 1.82) is 0 Å². The van der Waals surface area contributed by atoms with Crippen molar-refractivity contribution in [1.82, 2.24) is 30.0 Å². The Labute approximate surface area is 110 Å². The summed E-state index contributed by atoms with van der Waals surface area (Å²) < 4.78 is 1.80. The summed E-state index contributed by atoms with van der Waals surface area (Å²) in [5.41, 5.74) is 1.88. The predicted molar refractivity (Wildman–Crippen MR) is 70.7 cm³/mol. The second kappa shape index (κ2) is 5.01. The van der Waals surface area contributed by atoms with Crippen molar-refractivity contribution in [3.05, 3.63) is 42.7 Å². The number of para-hydroxylation sites is 1. The van der Waals surface area contributed by atoms with Gasteiger partial charge in [0.1, 0.15) is 0 Å². The number of aromatic nitrogens is 6. The first kappa shape index (κ1) is 11.6. The van der Waals surface area contributed by atoms with Crippen molar-refractivity contribution in [2.45, 2.75) is 19.9 Å². The van der Waals surface area contributed by atoms with E-state index in [1.165, 1.54) is 0 Å². The molecule has 0 spiro atoms. The van der Waals surface area contributed by atoms with Gasteiger partial charge in [0.05, 0.1) is 24.0 Å². The van der Waals surface area contributed by atoms with Crippen LogP contribution in [0.4, 0.5) is 0 Å². The number of tetrazole rings is 1. The van der Waals surface area contributed by atoms with Gasteiger partial charge in [-0.1, -0.05) is 25.1 Å². The van der Waals surface area contributed by atoms with E-state index in [0.717, 1.165) is 24.2 Å². The fourth-order valence-electron chi connectivity index (χ4n) is 1.81. The summed E-state index contributed by atoms with van der Waals surface area (Å²) in [6, 6.07) is 9.93. The van der Waals surface area contributed by atoms with Crippen LogP contribution in [0.3, 0.4) is 0 Å². The third-order valence-corrected chi connectivity index (χ3v) is 2.74. The topological polar surface area (TPSA) is 61.4 Å². The number of aryl methyl sites for hydroxylation is 1. The van der Waals surface area contributed by atoms with E-state index in [0.29, 0.717) is 5.82 Å². The van der Waals surface area contributed by atoms with Crippen molar-refractivity contribution in [2.75, 3.05) is 0 Å². The maximum absolute atomic E-state index is 4.32. The summed E-state index contributed by atoms with van der Waals surface area (Å²) in [5, 5.41) is 16.7. The lowest BCUT2D eigenvalue weighted by Crippen LogP contribution is -2.00. The van der Waals surface area contributed by atoms with Crippen molar-refractivity contribution < 1.29 is 0 Å². The van der Waals surface area contributed by atoms with Gasteiger partial charge in [-0.15, -0.1) is 10.2 Å². The van der Waals surface area contributed by atoms with E-state index in [1.807, 2.05) is 36.5 Å². The Bertz CT molecular complexity index is 655. The minimum absolute atomic E-state index is 0.607. The fraction of sp³-hybridized carbons (Fsp3) is 0.231. The highest BCUT2D eigenvalue weighted by Crippen LogP contribution is 2.15. The molecular weight excluding hydrogens is 240 g/mol. The summed E-state index contributed by atoms with van der Waals surface area (Å²) in [5.74, 6) is 0.607. The minimum atomic E-state index is 0.607. The van der Waals surface area contributed by atoms with Gasteiger partial charge in [0, 0.05) is 6.20 Å². The Hall–Kier alpha value is -2.50. The lowest BCUT2D eigenvalue weighted by Gasteiger charge is -1.98. The molecule has 3 rings (SSSR count). The van der Waals surface area contributed by atoms with E-state index in [4.69, 9.17) is 0 Å². The average Bonchev–Trinajstić information content (AvgIpc) is 3.08. The van der Waals surface area contributed by atoms with E-state index >= 15 is 0 Å². The molecule has 0 saturated carbocycles. The van der Waals surface area contributed by atoms with E-state index < -0.39 is 0 Å². The summed E-state index contributed by atoms with van der Waals surface area (Å²) in [7, 11) is 0. The molecule has 0 N–H and O–H groups in total. The number of hydrogen-bond donors (Lipinski definition) is 0. The Morgan fingerprint density at radius 2 is 2.00 bits per heavy atom. The quantitative estimate of drug-likeness (QED) is 0.713. The lowest BCUT2D eigenvalue weighted by molar-refractivity contribution is 0.515. The van der Waals surface area contributed by atoms with Crippen LogP contribution in [0.25, 0.3) is 17.1 Å². The van der Waals surface area contributed by atoms with E-state index in [2.05, 4.69) is 27.4 Å². The summed E-state index contributed by atoms with van der Waals surface area (Å²) in [4.78, 5) is 1.61. The van der Waals surface area contributed by atoms with Crippen LogP contribution in [-0.4, -0.2) is 30.0 Å². The SMILES string of the molecule is CCCn1nnc(-c2cnn(-c3ccccc3)c2)n1. The molecule has 6 nitrogen and oxygen atoms in total. The highest BCUT2D eigenvalue weighted by molar-refractivity contribution is 5.52. The van der Waals surface area contributed by atoms with Crippen LogP contribution < -0.4 is 0 Å². The molecule has 96 valence electrons. The van der Waals surface area contributed by atoms with Crippen LogP contribution in [0.15, 0.2) is 42.7 Å². The van der Waals surface area contributed by atoms with Gasteiger partial charge < -0.3 is 0 Å². The molecule has 6 heteroatoms. The third kappa shape index (κ3) is 2.37. The van der Waals surface area contributed by atoms with Gasteiger partial charge in [0.15, 0.2) is 0 Å². The van der Waals surface area contributed by atoms with Crippen molar-refractivity contribution in [3.63, 3.8) is 0 Å². The monoisotopic (exact) mass is 254 g/mol. The second-order valence-electron chi connectivity index (χ2n) is 4.22. The molecule has 19 heavy (non-hydrogen) atoms. The number of nitrogens with zero attached hydrogens (tertiary/aromatic N) is 6. The van der Waals surface area contributed by atoms with Crippen LogP contribution in [0, 0.1) is 0 Å². The summed E-state index contributed by atoms with van der Waals surface area (Å²) in [6.45, 7) is 2.86. The molecule has 0 aliphatic rings. The Morgan fingerprint density at radius 3 is 2.79 bits per heavy atom. The van der Waals surface area contributed by atoms with Gasteiger partial charge in [-0.05, 0) is 23.8 Å². The van der Waals surface area contributed by atoms with Crippen LogP contribution in [0.5, 0.6) is 0 Å². The molecule has 3 aromatic rings. The number of benzene rings is 1. The molecule has 0 unspecified atom stereocenters. The lowest BCUT2D eigenvalue weighted by atomic mass is 10.3. The van der Waals surface area contributed by atoms with Crippen LogP contribution in [0.2, 0.25) is 0 Å². The van der Waals surface area contributed by atoms with Crippen molar-refractivity contribution in [3.8, 4) is 17.1 Å². The normalized spacial score (nSPS) is 10.8. The van der Waals surface area contributed by atoms with E-state index in [1.54, 1.807) is 15.7 Å². The van der Waals surface area contributed by atoms with E-state index in [9.17, 15) is 0 Å². The zero-order valence-corrected chi connectivity index (χ0v) is 10.6. The Morgan fingerprint density at radius 1 is 1.16 bits per heavy atom. The second-order valence-corrected chi connectivity index (χ2v) is 4.22.